The van der Waals surface area contributed by atoms with Crippen LogP contribution in [0.15, 0.2) is 36.4 Å². The summed E-state index contributed by atoms with van der Waals surface area (Å²) in [4.78, 5) is 15.1. The van der Waals surface area contributed by atoms with Gasteiger partial charge in [0.25, 0.3) is 0 Å². The number of carbonyl (C=O) groups excluding carboxylic acids is 1. The predicted octanol–water partition coefficient (Wildman–Crippen LogP) is 5.40. The number of carbonyl (C=O) groups is 1. The summed E-state index contributed by atoms with van der Waals surface area (Å²) in [5.41, 5.74) is 0.689. The molecule has 1 amide bonds. The number of phenols is 1. The molecule has 3 N–H and O–H groups in total. The molecular formula is C25H30Cl2N2O4. The molecule has 1 saturated carbocycles. The first kappa shape index (κ1) is 24.1. The smallest absolute Gasteiger partial charge is 0.238 e. The molecule has 2 aliphatic rings. The second-order valence-electron chi connectivity index (χ2n) is 8.95. The van der Waals surface area contributed by atoms with E-state index in [1.54, 1.807) is 24.3 Å². The van der Waals surface area contributed by atoms with Gasteiger partial charge in [-0.3, -0.25) is 9.69 Å². The molecule has 178 valence electrons. The van der Waals surface area contributed by atoms with Crippen molar-refractivity contribution in [3.8, 4) is 11.5 Å². The first-order valence-electron chi connectivity index (χ1n) is 11.5. The van der Waals surface area contributed by atoms with E-state index in [1.807, 2.05) is 19.1 Å². The van der Waals surface area contributed by atoms with E-state index in [4.69, 9.17) is 27.9 Å². The van der Waals surface area contributed by atoms with Crippen LogP contribution in [0.3, 0.4) is 0 Å². The Labute approximate surface area is 204 Å². The molecular weight excluding hydrogens is 463 g/mol. The Morgan fingerprint density at radius 1 is 1.21 bits per heavy atom. The number of piperidine rings is 1. The van der Waals surface area contributed by atoms with E-state index in [0.717, 1.165) is 31.2 Å². The summed E-state index contributed by atoms with van der Waals surface area (Å²) in [7, 11) is 0. The van der Waals surface area contributed by atoms with Crippen molar-refractivity contribution in [2.75, 3.05) is 25.0 Å². The number of nitrogens with one attached hydrogen (secondary N) is 1. The number of phenolic OH excluding ortho intramolecular Hbond substituents is 1. The standard InChI is InChI=1S/C25H30Cl2N2O4/c1-2-33-22-13-16(6-9-21(22)30)24-18-5-3-4-10-25(18,32)11-12-29(24)15-23(31)28-20-8-7-17(26)14-19(20)27/h6-9,13-14,18,24,30,32H,2-5,10-12,15H2,1H3,(H,28,31)/t18-,24+,25-/m0/s1. The fraction of sp³-hybridized carbons (Fsp3) is 0.480. The molecule has 2 fully saturated rings. The molecule has 4 rings (SSSR count). The van der Waals surface area contributed by atoms with Gasteiger partial charge in [-0.2, -0.15) is 0 Å². The van der Waals surface area contributed by atoms with Crippen LogP contribution in [-0.2, 0) is 4.79 Å². The lowest BCUT2D eigenvalue weighted by atomic mass is 9.66. The monoisotopic (exact) mass is 492 g/mol. The molecule has 6 nitrogen and oxygen atoms in total. The third-order valence-corrected chi connectivity index (χ3v) is 7.40. The SMILES string of the molecule is CCOc1cc([C@@H]2[C@@H]3CCCC[C@]3(O)CCN2CC(=O)Nc2ccc(Cl)cc2Cl)ccc1O. The highest BCUT2D eigenvalue weighted by atomic mass is 35.5. The number of fused-ring (bicyclic) bond motifs is 1. The predicted molar refractivity (Wildman–Crippen MR) is 130 cm³/mol. The lowest BCUT2D eigenvalue weighted by molar-refractivity contribution is -0.135. The highest BCUT2D eigenvalue weighted by Crippen LogP contribution is 2.50. The highest BCUT2D eigenvalue weighted by molar-refractivity contribution is 6.36. The molecule has 1 aliphatic heterocycles. The molecule has 0 spiro atoms. The normalized spacial score (nSPS) is 25.3. The number of halogens is 2. The molecule has 3 atom stereocenters. The Hall–Kier alpha value is -1.99. The van der Waals surface area contributed by atoms with E-state index < -0.39 is 5.60 Å². The molecule has 0 unspecified atom stereocenters. The largest absolute Gasteiger partial charge is 0.504 e. The molecule has 0 aromatic heterocycles. The number of nitrogens with zero attached hydrogens (tertiary/aromatic N) is 1. The average Bonchev–Trinajstić information content (AvgIpc) is 2.77. The van der Waals surface area contributed by atoms with Gasteiger partial charge in [0.2, 0.25) is 5.91 Å². The first-order chi connectivity index (χ1) is 15.8. The lowest BCUT2D eigenvalue weighted by Crippen LogP contribution is -2.56. The maximum Gasteiger partial charge on any atom is 0.238 e. The van der Waals surface area contributed by atoms with Gasteiger partial charge in [0.1, 0.15) is 0 Å². The van der Waals surface area contributed by atoms with Gasteiger partial charge in [-0.15, -0.1) is 0 Å². The van der Waals surface area contributed by atoms with E-state index in [0.29, 0.717) is 41.1 Å². The number of aliphatic hydroxyl groups is 1. The number of likely N-dealkylation sites (tertiary alicyclic amines) is 1. The summed E-state index contributed by atoms with van der Waals surface area (Å²) in [6.45, 7) is 3.04. The zero-order chi connectivity index (χ0) is 23.6. The third kappa shape index (κ3) is 5.24. The molecule has 0 bridgehead atoms. The summed E-state index contributed by atoms with van der Waals surface area (Å²) in [5.74, 6) is 0.300. The quantitative estimate of drug-likeness (QED) is 0.502. The maximum atomic E-state index is 13.0. The van der Waals surface area contributed by atoms with Gasteiger partial charge in [-0.05, 0) is 62.1 Å². The molecule has 1 saturated heterocycles. The minimum Gasteiger partial charge on any atom is -0.504 e. The van der Waals surface area contributed by atoms with Crippen molar-refractivity contribution < 1.29 is 19.7 Å². The van der Waals surface area contributed by atoms with Crippen LogP contribution >= 0.6 is 23.2 Å². The van der Waals surface area contributed by atoms with E-state index in [2.05, 4.69) is 10.2 Å². The van der Waals surface area contributed by atoms with Crippen LogP contribution in [0.1, 0.15) is 50.6 Å². The van der Waals surface area contributed by atoms with E-state index in [1.165, 1.54) is 0 Å². The Kier molecular flexibility index (Phi) is 7.39. The molecule has 2 aromatic carbocycles. The average molecular weight is 493 g/mol. The summed E-state index contributed by atoms with van der Waals surface area (Å²) < 4.78 is 5.61. The van der Waals surface area contributed by atoms with Crippen molar-refractivity contribution in [3.05, 3.63) is 52.0 Å². The number of ether oxygens (including phenoxy) is 1. The molecule has 2 aromatic rings. The third-order valence-electron chi connectivity index (χ3n) is 6.85. The van der Waals surface area contributed by atoms with Crippen LogP contribution in [0.4, 0.5) is 5.69 Å². The van der Waals surface area contributed by atoms with Gasteiger partial charge >= 0.3 is 0 Å². The Morgan fingerprint density at radius 3 is 2.79 bits per heavy atom. The number of anilines is 1. The van der Waals surface area contributed by atoms with Gasteiger partial charge in [0.15, 0.2) is 11.5 Å². The molecule has 8 heteroatoms. The van der Waals surface area contributed by atoms with E-state index in [9.17, 15) is 15.0 Å². The van der Waals surface area contributed by atoms with Crippen molar-refractivity contribution >= 4 is 34.8 Å². The Balaban J connectivity index is 1.61. The number of hydrogen-bond acceptors (Lipinski definition) is 5. The first-order valence-corrected chi connectivity index (χ1v) is 12.2. The van der Waals surface area contributed by atoms with Gasteiger partial charge in [0, 0.05) is 23.5 Å². The Morgan fingerprint density at radius 2 is 2.03 bits per heavy atom. The van der Waals surface area contributed by atoms with Crippen molar-refractivity contribution in [2.24, 2.45) is 5.92 Å². The van der Waals surface area contributed by atoms with E-state index in [-0.39, 0.29) is 30.2 Å². The van der Waals surface area contributed by atoms with Crippen molar-refractivity contribution in [1.82, 2.24) is 4.90 Å². The topological polar surface area (TPSA) is 82.0 Å². The minimum absolute atomic E-state index is 0.00839. The van der Waals surface area contributed by atoms with Crippen LogP contribution in [0.5, 0.6) is 11.5 Å². The van der Waals surface area contributed by atoms with Crippen LogP contribution in [0, 0.1) is 5.92 Å². The van der Waals surface area contributed by atoms with Gasteiger partial charge in [-0.1, -0.05) is 42.1 Å². The number of rotatable bonds is 6. The maximum absolute atomic E-state index is 13.0. The van der Waals surface area contributed by atoms with Gasteiger partial charge in [0.05, 0.1) is 29.5 Å². The van der Waals surface area contributed by atoms with Crippen LogP contribution in [0.2, 0.25) is 10.0 Å². The van der Waals surface area contributed by atoms with E-state index >= 15 is 0 Å². The van der Waals surface area contributed by atoms with Crippen LogP contribution in [-0.4, -0.2) is 46.3 Å². The summed E-state index contributed by atoms with van der Waals surface area (Å²) in [6, 6.07) is 10.1. The zero-order valence-corrected chi connectivity index (χ0v) is 20.2. The second-order valence-corrected chi connectivity index (χ2v) is 9.80. The van der Waals surface area contributed by atoms with Crippen molar-refractivity contribution in [1.29, 1.82) is 0 Å². The minimum atomic E-state index is -0.751. The molecule has 1 heterocycles. The highest BCUT2D eigenvalue weighted by Gasteiger charge is 2.49. The molecule has 0 radical (unpaired) electrons. The fourth-order valence-electron chi connectivity index (χ4n) is 5.31. The Bertz CT molecular complexity index is 1020. The van der Waals surface area contributed by atoms with Crippen LogP contribution in [0.25, 0.3) is 0 Å². The summed E-state index contributed by atoms with van der Waals surface area (Å²) >= 11 is 12.2. The van der Waals surface area contributed by atoms with Crippen LogP contribution < -0.4 is 10.1 Å². The van der Waals surface area contributed by atoms with Crippen molar-refractivity contribution in [3.63, 3.8) is 0 Å². The fourth-order valence-corrected chi connectivity index (χ4v) is 5.77. The van der Waals surface area contributed by atoms with Gasteiger partial charge in [-0.25, -0.2) is 0 Å². The summed E-state index contributed by atoms with van der Waals surface area (Å²) in [6.07, 6.45) is 4.33. The van der Waals surface area contributed by atoms with Crippen molar-refractivity contribution in [2.45, 2.75) is 50.7 Å². The second kappa shape index (κ2) is 10.1. The lowest BCUT2D eigenvalue weighted by Gasteiger charge is -2.52. The molecule has 33 heavy (non-hydrogen) atoms. The van der Waals surface area contributed by atoms with Gasteiger partial charge < -0.3 is 20.3 Å². The molecule has 1 aliphatic carbocycles. The summed E-state index contributed by atoms with van der Waals surface area (Å²) in [5, 5.41) is 25.4. The number of aromatic hydroxyl groups is 1. The number of benzene rings is 2. The number of amides is 1. The zero-order valence-electron chi connectivity index (χ0n) is 18.7. The number of hydrogen-bond donors (Lipinski definition) is 3.